The fourth-order valence-electron chi connectivity index (χ4n) is 31.9. The SMILES string of the molecule is C.C.C.C.C.C.C.C.C.C.C.C.C.C.C.C.CC1C(C)C2CC1C1C3CCC(C3)C21.CC1C(C)C2CC1C1C=CCC12.CC1C(C)C2CC1C1CCCC21.CC1C2CC(C#N)C(C2)C1C.CC1C2CC(CO)C(C2)C1C.CC1C2CC(Cl)C(C2)C1C.CC1C2CCC(C2)C1C.CC1CC2C3CCC(C3)C2C1C. The molecule has 0 radical (unpaired) electrons. The van der Waals surface area contributed by atoms with Crippen LogP contribution in [0.1, 0.15) is 377 Å². The van der Waals surface area contributed by atoms with E-state index in [2.05, 4.69) is 129 Å². The van der Waals surface area contributed by atoms with E-state index in [1.165, 1.54) is 93.3 Å². The number of fused-ring (bicyclic) bond motifs is 32. The van der Waals surface area contributed by atoms with E-state index < -0.39 is 0 Å². The molecule has 0 heterocycles. The molecule has 1 N–H and O–H groups in total. The van der Waals surface area contributed by atoms with Crippen molar-refractivity contribution in [3.05, 3.63) is 12.2 Å². The molecule has 0 aromatic heterocycles. The van der Waals surface area contributed by atoms with Gasteiger partial charge < -0.3 is 5.11 Å². The van der Waals surface area contributed by atoms with Gasteiger partial charge in [0.05, 0.1) is 6.07 Å². The molecule has 0 saturated heterocycles. The first-order valence-electron chi connectivity index (χ1n) is 41.9. The summed E-state index contributed by atoms with van der Waals surface area (Å²) in [6.45, 7) is 39.5. The minimum absolute atomic E-state index is 0. The lowest BCUT2D eigenvalue weighted by Crippen LogP contribution is -2.35. The predicted octanol–water partition coefficient (Wildman–Crippen LogP) is 33.4. The second kappa shape index (κ2) is 44.2. The summed E-state index contributed by atoms with van der Waals surface area (Å²) in [6.07, 6.45) is 39.5. The van der Waals surface area contributed by atoms with Crippen molar-refractivity contribution in [1.29, 1.82) is 5.26 Å². The highest BCUT2D eigenvalue weighted by atomic mass is 35.5. The van der Waals surface area contributed by atoms with Crippen molar-refractivity contribution in [2.24, 2.45) is 260 Å². The van der Waals surface area contributed by atoms with E-state index in [-0.39, 0.29) is 119 Å². The molecule has 20 saturated carbocycles. The third-order valence-corrected chi connectivity index (χ3v) is 39.0. The van der Waals surface area contributed by atoms with E-state index in [0.717, 1.165) is 213 Å². The lowest BCUT2D eigenvalue weighted by Gasteiger charge is -2.41. The first-order chi connectivity index (χ1) is 43.6. The summed E-state index contributed by atoms with van der Waals surface area (Å²) in [5.74, 6) is 44.6. The molecular weight excluding hydrogens is 1310 g/mol. The van der Waals surface area contributed by atoms with Crippen LogP contribution in [0.15, 0.2) is 12.2 Å². The normalized spacial score (nSPS) is 51.5. The van der Waals surface area contributed by atoms with E-state index in [9.17, 15) is 0 Å². The Labute approximate surface area is 685 Å². The number of alkyl halides is 1. The van der Waals surface area contributed by atoms with Crippen molar-refractivity contribution in [3.63, 3.8) is 0 Å². The summed E-state index contributed by atoms with van der Waals surface area (Å²) in [6, 6.07) is 2.45. The molecule has 0 spiro atoms. The van der Waals surface area contributed by atoms with Crippen LogP contribution in [0.3, 0.4) is 0 Å². The molecule has 45 unspecified atom stereocenters. The van der Waals surface area contributed by atoms with Crippen LogP contribution in [-0.4, -0.2) is 17.1 Å². The van der Waals surface area contributed by atoms with Crippen LogP contribution in [0, 0.1) is 272 Å². The van der Waals surface area contributed by atoms with Crippen molar-refractivity contribution in [1.82, 2.24) is 0 Å². The third-order valence-electron chi connectivity index (χ3n) is 38.5. The molecule has 0 aromatic rings. The third kappa shape index (κ3) is 19.2. The Morgan fingerprint density at radius 1 is 0.290 bits per heavy atom. The lowest BCUT2D eigenvalue weighted by atomic mass is 9.64. The van der Waals surface area contributed by atoms with Crippen LogP contribution in [0.4, 0.5) is 0 Å². The maximum Gasteiger partial charge on any atom is 0.0658 e. The minimum atomic E-state index is 0. The Kier molecular flexibility index (Phi) is 45.7. The second-order valence-corrected chi connectivity index (χ2v) is 40.8. The number of aliphatic hydroxyl groups excluding tert-OH is 1. The summed E-state index contributed by atoms with van der Waals surface area (Å²) in [5.41, 5.74) is 0. The van der Waals surface area contributed by atoms with Gasteiger partial charge in [0.1, 0.15) is 0 Å². The molecule has 21 aliphatic carbocycles. The van der Waals surface area contributed by atoms with Gasteiger partial charge in [0.2, 0.25) is 0 Å². The van der Waals surface area contributed by atoms with Gasteiger partial charge in [-0.3, -0.25) is 0 Å². The molecule has 642 valence electrons. The Morgan fingerprint density at radius 2 is 0.645 bits per heavy atom. The van der Waals surface area contributed by atoms with Crippen LogP contribution >= 0.6 is 11.6 Å². The Morgan fingerprint density at radius 3 is 1.06 bits per heavy atom. The van der Waals surface area contributed by atoms with Gasteiger partial charge in [0.25, 0.3) is 0 Å². The van der Waals surface area contributed by atoms with Gasteiger partial charge >= 0.3 is 0 Å². The average molecular weight is 1520 g/mol. The van der Waals surface area contributed by atoms with Crippen LogP contribution in [-0.2, 0) is 0 Å². The summed E-state index contributed by atoms with van der Waals surface area (Å²) < 4.78 is 0. The molecule has 107 heavy (non-hydrogen) atoms. The van der Waals surface area contributed by atoms with Gasteiger partial charge in [-0.2, -0.15) is 5.26 Å². The first-order valence-corrected chi connectivity index (χ1v) is 42.3. The summed E-state index contributed by atoms with van der Waals surface area (Å²) in [4.78, 5) is 0. The van der Waals surface area contributed by atoms with Crippen LogP contribution in [0.25, 0.3) is 0 Å². The molecule has 21 rings (SSSR count). The fourth-order valence-corrected chi connectivity index (χ4v) is 32.4. The highest BCUT2D eigenvalue weighted by molar-refractivity contribution is 6.21. The largest absolute Gasteiger partial charge is 0.396 e. The van der Waals surface area contributed by atoms with E-state index in [4.69, 9.17) is 22.0 Å². The van der Waals surface area contributed by atoms with E-state index in [1.54, 1.807) is 89.9 Å². The number of hydrogen-bond donors (Lipinski definition) is 1. The van der Waals surface area contributed by atoms with E-state index in [1.807, 2.05) is 0 Å². The van der Waals surface area contributed by atoms with Crippen molar-refractivity contribution >= 4 is 11.6 Å². The number of hydrogen-bond acceptors (Lipinski definition) is 2. The van der Waals surface area contributed by atoms with Crippen molar-refractivity contribution in [2.45, 2.75) is 383 Å². The molecular formula is C104H208ClNO. The predicted molar refractivity (Wildman–Crippen MR) is 490 cm³/mol. The van der Waals surface area contributed by atoms with Gasteiger partial charge in [0, 0.05) is 17.9 Å². The standard InChI is InChI=1S/C14H22.2C12H20.C12H18.C10H15N.C10H18O.C9H15Cl.C9H16.16CH4/c1-7-8(2)12-6-11(7)13-9-3-4-10(5-9)14(12)13;1-7-5-11-9-3-4-10(6-9)12(11)8(7)2;2*1-7-8(2)12-6-11(7)9-4-3-5-10(9)12;2*1-6-7(2)10-4-8(6)3-9(10)5-11;1-5-6(2)8-3-7(5)4-9(8)10;1-6-7(2)9-4-3-8(6)5-9;;;;;;;;;;;;;;;;/h7-14H,3-6H2,1-2H3;2*7-12H,3-6H2,1-2H3;3-4,7-12H,5-6H2,1-2H3;6-10H,3-4H2,1-2H3;6-11H,3-5H2,1-2H3;5-9H,3-4H2,1-2H3;6-9H,3-5H2,1-2H3;16*1H4. The van der Waals surface area contributed by atoms with Crippen molar-refractivity contribution < 1.29 is 5.11 Å². The number of aliphatic hydroxyl groups is 1. The van der Waals surface area contributed by atoms with Gasteiger partial charge in [-0.15, -0.1) is 11.6 Å². The molecule has 2 nitrogen and oxygen atoms in total. The Balaban J connectivity index is -0.00000113. The smallest absolute Gasteiger partial charge is 0.0658 e. The summed E-state index contributed by atoms with van der Waals surface area (Å²) in [7, 11) is 0. The van der Waals surface area contributed by atoms with Crippen LogP contribution in [0.5, 0.6) is 0 Å². The number of nitrogens with zero attached hydrogens (tertiary/aromatic N) is 1. The first kappa shape index (κ1) is 111. The molecule has 45 atom stereocenters. The maximum absolute atomic E-state index is 9.09. The molecule has 18 bridgehead atoms. The topological polar surface area (TPSA) is 44.0 Å². The van der Waals surface area contributed by atoms with Crippen LogP contribution < -0.4 is 0 Å². The van der Waals surface area contributed by atoms with E-state index >= 15 is 0 Å². The summed E-state index contributed by atoms with van der Waals surface area (Å²) >= 11 is 6.17. The van der Waals surface area contributed by atoms with Crippen LogP contribution in [0.2, 0.25) is 0 Å². The zero-order valence-corrected chi connectivity index (χ0v) is 62.6. The van der Waals surface area contributed by atoms with Gasteiger partial charge in [0.15, 0.2) is 0 Å². The number of halogens is 1. The molecule has 21 aliphatic rings. The fraction of sp³-hybridized carbons (Fsp3) is 0.971. The highest BCUT2D eigenvalue weighted by Gasteiger charge is 2.64. The quantitative estimate of drug-likeness (QED) is 0.162. The van der Waals surface area contributed by atoms with Gasteiger partial charge in [-0.1, -0.05) is 248 Å². The molecule has 3 heteroatoms. The average Bonchev–Trinajstić information content (AvgIpc) is 1.55. The lowest BCUT2D eigenvalue weighted by molar-refractivity contribution is 0.0716. The van der Waals surface area contributed by atoms with Crippen molar-refractivity contribution in [2.75, 3.05) is 6.61 Å². The van der Waals surface area contributed by atoms with Gasteiger partial charge in [-0.25, -0.2) is 0 Å². The van der Waals surface area contributed by atoms with Gasteiger partial charge in [-0.05, 0) is 396 Å². The van der Waals surface area contributed by atoms with Crippen molar-refractivity contribution in [3.8, 4) is 6.07 Å². The number of rotatable bonds is 1. The number of allylic oxidation sites excluding steroid dienone is 2. The maximum atomic E-state index is 9.09. The highest BCUT2D eigenvalue weighted by Crippen LogP contribution is 2.71. The minimum Gasteiger partial charge on any atom is -0.396 e. The zero-order valence-electron chi connectivity index (χ0n) is 61.9. The zero-order chi connectivity index (χ0) is 64.1. The molecule has 0 aromatic carbocycles. The molecule has 0 aliphatic heterocycles. The monoisotopic (exact) mass is 1520 g/mol. The Hall–Kier alpha value is -0.520. The second-order valence-electron chi connectivity index (χ2n) is 40.2. The van der Waals surface area contributed by atoms with E-state index in [0.29, 0.717) is 23.8 Å². The Bertz CT molecular complexity index is 2450. The molecule has 0 amide bonds. The molecule has 20 fully saturated rings. The number of nitriles is 1. The summed E-state index contributed by atoms with van der Waals surface area (Å²) in [5, 5.41) is 18.4.